The highest BCUT2D eigenvalue weighted by Crippen LogP contribution is 2.26. The van der Waals surface area contributed by atoms with Crippen molar-refractivity contribution in [2.24, 2.45) is 0 Å². The van der Waals surface area contributed by atoms with Crippen molar-refractivity contribution in [1.82, 2.24) is 10.3 Å². The average molecular weight is 327 g/mol. The quantitative estimate of drug-likeness (QED) is 0.755. The lowest BCUT2D eigenvalue weighted by molar-refractivity contribution is 0.199. The molecule has 0 saturated heterocycles. The van der Waals surface area contributed by atoms with E-state index >= 15 is 0 Å². The minimum absolute atomic E-state index is 0.448. The van der Waals surface area contributed by atoms with Gasteiger partial charge < -0.3 is 14.8 Å². The number of halogens is 1. The first-order chi connectivity index (χ1) is 10.2. The van der Waals surface area contributed by atoms with Gasteiger partial charge in [0.1, 0.15) is 17.4 Å². The Morgan fingerprint density at radius 3 is 2.90 bits per heavy atom. The van der Waals surface area contributed by atoms with Gasteiger partial charge in [0.2, 0.25) is 0 Å². The zero-order valence-corrected chi connectivity index (χ0v) is 13.8. The molecule has 2 rings (SSSR count). The molecule has 0 aliphatic heterocycles. The smallest absolute Gasteiger partial charge is 0.140 e. The summed E-state index contributed by atoms with van der Waals surface area (Å²) >= 11 is 7.84. The van der Waals surface area contributed by atoms with Gasteiger partial charge >= 0.3 is 0 Å². The number of ether oxygens (including phenoxy) is 2. The lowest BCUT2D eigenvalue weighted by Crippen LogP contribution is -2.18. The second kappa shape index (κ2) is 8.34. The average Bonchev–Trinajstić information content (AvgIpc) is 2.88. The van der Waals surface area contributed by atoms with Crippen LogP contribution in [0.25, 0.3) is 0 Å². The fourth-order valence-electron chi connectivity index (χ4n) is 1.79. The van der Waals surface area contributed by atoms with E-state index in [0.29, 0.717) is 24.0 Å². The van der Waals surface area contributed by atoms with Crippen molar-refractivity contribution in [2.45, 2.75) is 20.1 Å². The van der Waals surface area contributed by atoms with E-state index in [1.165, 1.54) is 0 Å². The molecule has 0 bridgehead atoms. The standard InChI is InChI=1S/C15H19ClN2O2S/c1-11-10-21-15(18-11)9-20-14-4-3-12(7-13(14)16)8-17-5-6-19-2/h3-4,7,10,17H,5-6,8-9H2,1-2H3. The lowest BCUT2D eigenvalue weighted by atomic mass is 10.2. The van der Waals surface area contributed by atoms with E-state index in [9.17, 15) is 0 Å². The molecule has 0 radical (unpaired) electrons. The number of thiazole rings is 1. The molecule has 21 heavy (non-hydrogen) atoms. The second-order valence-electron chi connectivity index (χ2n) is 4.61. The first kappa shape index (κ1) is 16.2. The van der Waals surface area contributed by atoms with Gasteiger partial charge in [-0.15, -0.1) is 11.3 Å². The molecule has 0 unspecified atom stereocenters. The Balaban J connectivity index is 1.86. The number of hydrogen-bond donors (Lipinski definition) is 1. The molecular formula is C15H19ClN2O2S. The third kappa shape index (κ3) is 5.28. The Morgan fingerprint density at radius 2 is 2.24 bits per heavy atom. The van der Waals surface area contributed by atoms with Crippen molar-refractivity contribution >= 4 is 22.9 Å². The van der Waals surface area contributed by atoms with Gasteiger partial charge in [0, 0.05) is 31.3 Å². The van der Waals surface area contributed by atoms with E-state index in [0.717, 1.165) is 29.4 Å². The third-order valence-corrected chi connectivity index (χ3v) is 4.06. The number of rotatable bonds is 8. The fraction of sp³-hybridized carbons (Fsp3) is 0.400. The molecular weight excluding hydrogens is 308 g/mol. The van der Waals surface area contributed by atoms with Crippen molar-refractivity contribution in [1.29, 1.82) is 0 Å². The van der Waals surface area contributed by atoms with Gasteiger partial charge in [0.05, 0.1) is 11.6 Å². The number of nitrogens with zero attached hydrogens (tertiary/aromatic N) is 1. The predicted molar refractivity (Wildman–Crippen MR) is 86.2 cm³/mol. The maximum Gasteiger partial charge on any atom is 0.140 e. The Bertz CT molecular complexity index is 575. The van der Waals surface area contributed by atoms with Crippen LogP contribution in [0.4, 0.5) is 0 Å². The van der Waals surface area contributed by atoms with Crippen LogP contribution in [0.2, 0.25) is 5.02 Å². The topological polar surface area (TPSA) is 43.4 Å². The van der Waals surface area contributed by atoms with E-state index in [-0.39, 0.29) is 0 Å². The first-order valence-electron chi connectivity index (χ1n) is 6.71. The van der Waals surface area contributed by atoms with Crippen LogP contribution in [0.5, 0.6) is 5.75 Å². The van der Waals surface area contributed by atoms with Crippen molar-refractivity contribution in [3.63, 3.8) is 0 Å². The molecule has 6 heteroatoms. The van der Waals surface area contributed by atoms with Crippen LogP contribution >= 0.6 is 22.9 Å². The van der Waals surface area contributed by atoms with Crippen LogP contribution in [0.15, 0.2) is 23.6 Å². The summed E-state index contributed by atoms with van der Waals surface area (Å²) in [4.78, 5) is 4.36. The summed E-state index contributed by atoms with van der Waals surface area (Å²) in [5.74, 6) is 0.685. The highest BCUT2D eigenvalue weighted by molar-refractivity contribution is 7.09. The summed E-state index contributed by atoms with van der Waals surface area (Å²) in [6, 6.07) is 5.83. The normalized spacial score (nSPS) is 10.8. The van der Waals surface area contributed by atoms with Gasteiger partial charge in [-0.2, -0.15) is 0 Å². The van der Waals surface area contributed by atoms with Gasteiger partial charge in [-0.05, 0) is 24.6 Å². The van der Waals surface area contributed by atoms with Crippen LogP contribution in [-0.4, -0.2) is 25.2 Å². The summed E-state index contributed by atoms with van der Waals surface area (Å²) < 4.78 is 10.7. The summed E-state index contributed by atoms with van der Waals surface area (Å²) in [6.07, 6.45) is 0. The summed E-state index contributed by atoms with van der Waals surface area (Å²) in [7, 11) is 1.69. The molecule has 4 nitrogen and oxygen atoms in total. The summed E-state index contributed by atoms with van der Waals surface area (Å²) in [5.41, 5.74) is 2.13. The van der Waals surface area contributed by atoms with Gasteiger partial charge in [0.15, 0.2) is 0 Å². The minimum Gasteiger partial charge on any atom is -0.485 e. The lowest BCUT2D eigenvalue weighted by Gasteiger charge is -2.09. The van der Waals surface area contributed by atoms with Crippen molar-refractivity contribution < 1.29 is 9.47 Å². The van der Waals surface area contributed by atoms with Crippen LogP contribution in [0.3, 0.4) is 0 Å². The molecule has 1 aromatic carbocycles. The molecule has 114 valence electrons. The molecule has 0 spiro atoms. The molecule has 0 fully saturated rings. The minimum atomic E-state index is 0.448. The van der Waals surface area contributed by atoms with Gasteiger partial charge in [-0.1, -0.05) is 17.7 Å². The van der Waals surface area contributed by atoms with Crippen molar-refractivity contribution in [2.75, 3.05) is 20.3 Å². The maximum absolute atomic E-state index is 6.25. The highest BCUT2D eigenvalue weighted by Gasteiger charge is 2.05. The third-order valence-electron chi connectivity index (χ3n) is 2.83. The van der Waals surface area contributed by atoms with Crippen LogP contribution < -0.4 is 10.1 Å². The van der Waals surface area contributed by atoms with E-state index in [4.69, 9.17) is 21.1 Å². The number of benzene rings is 1. The highest BCUT2D eigenvalue weighted by atomic mass is 35.5. The summed E-state index contributed by atoms with van der Waals surface area (Å²) in [5, 5.41) is 6.86. The van der Waals surface area contributed by atoms with E-state index in [1.54, 1.807) is 18.4 Å². The largest absolute Gasteiger partial charge is 0.485 e. The van der Waals surface area contributed by atoms with Gasteiger partial charge in [-0.3, -0.25) is 0 Å². The molecule has 0 amide bonds. The zero-order valence-electron chi connectivity index (χ0n) is 12.2. The first-order valence-corrected chi connectivity index (χ1v) is 7.96. The number of aromatic nitrogens is 1. The monoisotopic (exact) mass is 326 g/mol. The second-order valence-corrected chi connectivity index (χ2v) is 5.96. The molecule has 1 heterocycles. The Labute approximate surface area is 134 Å². The molecule has 0 atom stereocenters. The number of aryl methyl sites for hydroxylation is 1. The Morgan fingerprint density at radius 1 is 1.38 bits per heavy atom. The van der Waals surface area contributed by atoms with E-state index in [2.05, 4.69) is 10.3 Å². The van der Waals surface area contributed by atoms with E-state index in [1.807, 2.05) is 30.5 Å². The number of hydrogen-bond acceptors (Lipinski definition) is 5. The van der Waals surface area contributed by atoms with Crippen LogP contribution in [-0.2, 0) is 17.9 Å². The molecule has 0 aliphatic carbocycles. The van der Waals surface area contributed by atoms with Crippen LogP contribution in [0, 0.1) is 6.92 Å². The Kier molecular flexibility index (Phi) is 6.45. The van der Waals surface area contributed by atoms with Crippen molar-refractivity contribution in [3.8, 4) is 5.75 Å². The maximum atomic E-state index is 6.25. The fourth-order valence-corrected chi connectivity index (χ4v) is 2.73. The predicted octanol–water partition coefficient (Wildman–Crippen LogP) is 3.42. The summed E-state index contributed by atoms with van der Waals surface area (Å²) in [6.45, 7) is 4.69. The number of methoxy groups -OCH3 is 1. The molecule has 0 saturated carbocycles. The van der Waals surface area contributed by atoms with E-state index < -0.39 is 0 Å². The molecule has 2 aromatic rings. The van der Waals surface area contributed by atoms with Gasteiger partial charge in [0.25, 0.3) is 0 Å². The molecule has 1 N–H and O–H groups in total. The Hall–Kier alpha value is -1.14. The number of nitrogens with one attached hydrogen (secondary N) is 1. The molecule has 0 aliphatic rings. The van der Waals surface area contributed by atoms with Crippen LogP contribution in [0.1, 0.15) is 16.3 Å². The molecule has 1 aromatic heterocycles. The van der Waals surface area contributed by atoms with Crippen molar-refractivity contribution in [3.05, 3.63) is 44.9 Å². The van der Waals surface area contributed by atoms with Gasteiger partial charge in [-0.25, -0.2) is 4.98 Å². The zero-order chi connectivity index (χ0) is 15.1. The SMILES string of the molecule is COCCNCc1ccc(OCc2nc(C)cs2)c(Cl)c1.